The molecule has 1 fully saturated rings. The van der Waals surface area contributed by atoms with Gasteiger partial charge in [-0.05, 0) is 24.3 Å². The summed E-state index contributed by atoms with van der Waals surface area (Å²) in [6.45, 7) is 0. The van der Waals surface area contributed by atoms with Crippen LogP contribution in [0.1, 0.15) is 30.5 Å². The summed E-state index contributed by atoms with van der Waals surface area (Å²) < 4.78 is 6.21. The van der Waals surface area contributed by atoms with E-state index >= 15 is 0 Å². The zero-order valence-electron chi connectivity index (χ0n) is 10.3. The minimum absolute atomic E-state index is 0.0928. The number of hydrogen-bond donors (Lipinski definition) is 1. The van der Waals surface area contributed by atoms with Gasteiger partial charge in [-0.1, -0.05) is 11.8 Å². The van der Waals surface area contributed by atoms with E-state index in [4.69, 9.17) is 4.42 Å². The van der Waals surface area contributed by atoms with Gasteiger partial charge in [-0.3, -0.25) is 4.79 Å². The lowest BCUT2D eigenvalue weighted by Gasteiger charge is -1.98. The molecular weight excluding hydrogens is 296 g/mol. The fourth-order valence-corrected chi connectivity index (χ4v) is 3.26. The smallest absolute Gasteiger partial charge is 0.277 e. The molecule has 0 saturated heterocycles. The maximum absolute atomic E-state index is 11.8. The van der Waals surface area contributed by atoms with Crippen LogP contribution in [0, 0.1) is 0 Å². The van der Waals surface area contributed by atoms with Gasteiger partial charge in [0.05, 0.1) is 11.3 Å². The number of nitrogens with zero attached hydrogens (tertiary/aromatic N) is 3. The molecule has 20 heavy (non-hydrogen) atoms. The molecule has 1 aliphatic carbocycles. The van der Waals surface area contributed by atoms with Crippen molar-refractivity contribution in [2.75, 3.05) is 0 Å². The van der Waals surface area contributed by atoms with Gasteiger partial charge >= 0.3 is 0 Å². The quantitative estimate of drug-likeness (QED) is 0.746. The summed E-state index contributed by atoms with van der Waals surface area (Å²) in [6.07, 6.45) is 2.27. The molecule has 0 spiro atoms. The maximum atomic E-state index is 11.8. The van der Waals surface area contributed by atoms with E-state index in [1.165, 1.54) is 23.1 Å². The summed E-state index contributed by atoms with van der Waals surface area (Å²) in [5.41, 5.74) is 0.642. The van der Waals surface area contributed by atoms with Gasteiger partial charge < -0.3 is 9.40 Å². The van der Waals surface area contributed by atoms with Gasteiger partial charge in [-0.2, -0.15) is 0 Å². The van der Waals surface area contributed by atoms with E-state index < -0.39 is 0 Å². The average molecular weight is 306 g/mol. The highest BCUT2D eigenvalue weighted by Gasteiger charge is 2.29. The van der Waals surface area contributed by atoms with Crippen LogP contribution in [0.3, 0.4) is 0 Å². The van der Waals surface area contributed by atoms with Crippen LogP contribution in [0.2, 0.25) is 0 Å². The molecule has 3 aromatic heterocycles. The van der Waals surface area contributed by atoms with Crippen molar-refractivity contribution in [2.45, 2.75) is 29.7 Å². The summed E-state index contributed by atoms with van der Waals surface area (Å²) in [6, 6.07) is 1.85. The molecule has 1 aliphatic rings. The van der Waals surface area contributed by atoms with Crippen LogP contribution in [0.15, 0.2) is 25.9 Å². The number of thioether (sulfide) groups is 1. The number of fused-ring (bicyclic) bond motifs is 1. The Hall–Kier alpha value is -1.67. The largest absolute Gasteiger partial charge is 0.416 e. The molecule has 102 valence electrons. The molecule has 0 atom stereocenters. The van der Waals surface area contributed by atoms with E-state index in [1.54, 1.807) is 0 Å². The number of hydrogen-bond acceptors (Lipinski definition) is 7. The zero-order valence-corrected chi connectivity index (χ0v) is 12.0. The Balaban J connectivity index is 1.53. The topological polar surface area (TPSA) is 84.7 Å². The normalized spacial score (nSPS) is 15.0. The van der Waals surface area contributed by atoms with Gasteiger partial charge in [0, 0.05) is 5.92 Å². The molecule has 3 aromatic rings. The van der Waals surface area contributed by atoms with E-state index in [2.05, 4.69) is 20.2 Å². The van der Waals surface area contributed by atoms with Crippen LogP contribution < -0.4 is 5.56 Å². The molecule has 0 amide bonds. The Kier molecular flexibility index (Phi) is 2.85. The Bertz CT molecular complexity index is 818. The van der Waals surface area contributed by atoms with Crippen molar-refractivity contribution >= 4 is 33.3 Å². The summed E-state index contributed by atoms with van der Waals surface area (Å²) >= 11 is 2.79. The first kappa shape index (κ1) is 12.1. The molecule has 0 aromatic carbocycles. The molecule has 0 unspecified atom stereocenters. The second-order valence-electron chi connectivity index (χ2n) is 4.62. The molecule has 6 nitrogen and oxygen atoms in total. The SMILES string of the molecule is O=c1[nH]c(CSc2nnc(C3CC3)o2)nc2ccsc12. The van der Waals surface area contributed by atoms with Gasteiger partial charge in [-0.25, -0.2) is 4.98 Å². The molecule has 1 saturated carbocycles. The van der Waals surface area contributed by atoms with E-state index in [0.717, 1.165) is 24.2 Å². The first-order chi connectivity index (χ1) is 9.79. The Labute approximate surface area is 121 Å². The fraction of sp³-hybridized carbons (Fsp3) is 0.333. The van der Waals surface area contributed by atoms with Gasteiger partial charge in [0.2, 0.25) is 5.89 Å². The van der Waals surface area contributed by atoms with Crippen LogP contribution in [-0.2, 0) is 5.75 Å². The van der Waals surface area contributed by atoms with Crippen molar-refractivity contribution in [3.05, 3.63) is 33.5 Å². The highest BCUT2D eigenvalue weighted by atomic mass is 32.2. The number of aromatic nitrogens is 4. The fourth-order valence-electron chi connectivity index (χ4n) is 1.89. The van der Waals surface area contributed by atoms with Gasteiger partial charge in [0.1, 0.15) is 10.5 Å². The van der Waals surface area contributed by atoms with Crippen LogP contribution in [0.5, 0.6) is 0 Å². The zero-order chi connectivity index (χ0) is 13.5. The average Bonchev–Trinajstić information content (AvgIpc) is 3.00. The van der Waals surface area contributed by atoms with Crippen molar-refractivity contribution in [1.82, 2.24) is 20.2 Å². The summed E-state index contributed by atoms with van der Waals surface area (Å²) in [4.78, 5) is 19.0. The van der Waals surface area contributed by atoms with E-state index in [-0.39, 0.29) is 5.56 Å². The molecule has 3 heterocycles. The van der Waals surface area contributed by atoms with E-state index in [9.17, 15) is 4.79 Å². The third-order valence-corrected chi connectivity index (χ3v) is 4.78. The van der Waals surface area contributed by atoms with Crippen LogP contribution >= 0.6 is 23.1 Å². The first-order valence-electron chi connectivity index (χ1n) is 6.22. The highest BCUT2D eigenvalue weighted by Crippen LogP contribution is 2.39. The lowest BCUT2D eigenvalue weighted by molar-refractivity contribution is 0.414. The molecule has 4 rings (SSSR count). The molecule has 1 N–H and O–H groups in total. The Morgan fingerprint density at radius 2 is 2.35 bits per heavy atom. The van der Waals surface area contributed by atoms with Gasteiger partial charge in [0.15, 0.2) is 0 Å². The maximum Gasteiger partial charge on any atom is 0.277 e. The molecule has 0 radical (unpaired) electrons. The van der Waals surface area contributed by atoms with Crippen molar-refractivity contribution in [3.63, 3.8) is 0 Å². The first-order valence-corrected chi connectivity index (χ1v) is 8.09. The van der Waals surface area contributed by atoms with Crippen molar-refractivity contribution in [1.29, 1.82) is 0 Å². The van der Waals surface area contributed by atoms with Gasteiger partial charge in [0.25, 0.3) is 10.8 Å². The monoisotopic (exact) mass is 306 g/mol. The minimum atomic E-state index is -0.0928. The summed E-state index contributed by atoms with van der Waals surface area (Å²) in [7, 11) is 0. The third kappa shape index (κ3) is 2.25. The minimum Gasteiger partial charge on any atom is -0.416 e. The van der Waals surface area contributed by atoms with Crippen molar-refractivity contribution in [3.8, 4) is 0 Å². The highest BCUT2D eigenvalue weighted by molar-refractivity contribution is 7.98. The standard InChI is InChI=1S/C12H10N4O2S2/c17-10-9-7(3-4-19-9)13-8(14-10)5-20-12-16-15-11(18-12)6-1-2-6/h3-4,6H,1-2,5H2,(H,13,14,17). The number of nitrogens with one attached hydrogen (secondary N) is 1. The summed E-state index contributed by atoms with van der Waals surface area (Å²) in [5, 5.41) is 10.4. The van der Waals surface area contributed by atoms with Gasteiger partial charge in [-0.15, -0.1) is 21.5 Å². The van der Waals surface area contributed by atoms with Crippen LogP contribution in [0.25, 0.3) is 10.2 Å². The van der Waals surface area contributed by atoms with Crippen LogP contribution in [0.4, 0.5) is 0 Å². The molecule has 0 aliphatic heterocycles. The number of rotatable bonds is 4. The molecular formula is C12H10N4O2S2. The lowest BCUT2D eigenvalue weighted by Crippen LogP contribution is -2.09. The van der Waals surface area contributed by atoms with E-state index in [1.807, 2.05) is 11.4 Å². The Morgan fingerprint density at radius 3 is 3.20 bits per heavy atom. The predicted molar refractivity (Wildman–Crippen MR) is 76.1 cm³/mol. The molecule has 0 bridgehead atoms. The molecule has 8 heteroatoms. The van der Waals surface area contributed by atoms with Crippen LogP contribution in [-0.4, -0.2) is 20.2 Å². The second kappa shape index (κ2) is 4.71. The van der Waals surface area contributed by atoms with E-state index in [0.29, 0.717) is 27.4 Å². The second-order valence-corrected chi connectivity index (χ2v) is 6.46. The number of H-pyrrole nitrogens is 1. The summed E-state index contributed by atoms with van der Waals surface area (Å²) in [5.74, 6) is 2.31. The van der Waals surface area contributed by atoms with Crippen molar-refractivity contribution in [2.24, 2.45) is 0 Å². The van der Waals surface area contributed by atoms with Crippen molar-refractivity contribution < 1.29 is 4.42 Å². The third-order valence-electron chi connectivity index (χ3n) is 3.04. The predicted octanol–water partition coefficient (Wildman–Crippen LogP) is 2.54. The lowest BCUT2D eigenvalue weighted by atomic mass is 10.4. The Morgan fingerprint density at radius 1 is 1.45 bits per heavy atom. The number of aromatic amines is 1. The number of thiophene rings is 1.